The van der Waals surface area contributed by atoms with Gasteiger partial charge in [-0.25, -0.2) is 9.59 Å². The summed E-state index contributed by atoms with van der Waals surface area (Å²) in [6, 6.07) is 0. The summed E-state index contributed by atoms with van der Waals surface area (Å²) >= 11 is 0. The Bertz CT molecular complexity index is 588. The Labute approximate surface area is 205 Å². The van der Waals surface area contributed by atoms with E-state index in [0.717, 1.165) is 0 Å². The van der Waals surface area contributed by atoms with Crippen LogP contribution in [0.15, 0.2) is 0 Å². The summed E-state index contributed by atoms with van der Waals surface area (Å²) < 4.78 is 18.6. The fourth-order valence-electron chi connectivity index (χ4n) is 2.48. The molecule has 0 aromatic carbocycles. The van der Waals surface area contributed by atoms with E-state index in [1.807, 2.05) is 0 Å². The Kier molecular flexibility index (Phi) is 17.3. The van der Waals surface area contributed by atoms with Crippen LogP contribution in [0.1, 0.15) is 75.7 Å². The minimum Gasteiger partial charge on any atom is -0.465 e. The quantitative estimate of drug-likeness (QED) is 0.344. The van der Waals surface area contributed by atoms with E-state index in [1.165, 1.54) is 19.6 Å². The summed E-state index contributed by atoms with van der Waals surface area (Å²) in [5.74, 6) is -0.972. The molecule has 1 aliphatic heterocycles. The highest BCUT2D eigenvalue weighted by atomic mass is 16.8. The van der Waals surface area contributed by atoms with Gasteiger partial charge in [-0.3, -0.25) is 9.59 Å². The second-order valence-corrected chi connectivity index (χ2v) is 9.38. The van der Waals surface area contributed by atoms with Crippen molar-refractivity contribution < 1.29 is 38.1 Å². The highest BCUT2D eigenvalue weighted by molar-refractivity contribution is 5.99. The number of Topliss-reactive ketones (excluding diaryl/α,β-unsaturated/α-hetero) is 1. The number of hydrogen-bond donors (Lipinski definition) is 1. The molecule has 0 aromatic heterocycles. The third-order valence-corrected chi connectivity index (χ3v) is 4.14. The van der Waals surface area contributed by atoms with Crippen molar-refractivity contribution in [1.29, 1.82) is 0 Å². The fraction of sp³-hybridized carbons (Fsp3) is 0.833. The predicted octanol–water partition coefficient (Wildman–Crippen LogP) is 3.95. The van der Waals surface area contributed by atoms with E-state index >= 15 is 0 Å². The van der Waals surface area contributed by atoms with Crippen LogP contribution in [-0.4, -0.2) is 79.5 Å². The van der Waals surface area contributed by atoms with Crippen LogP contribution in [0.2, 0.25) is 0 Å². The molecule has 0 aromatic rings. The van der Waals surface area contributed by atoms with Gasteiger partial charge in [0.1, 0.15) is 22.9 Å². The van der Waals surface area contributed by atoms with Gasteiger partial charge in [-0.05, 0) is 68.1 Å². The van der Waals surface area contributed by atoms with E-state index in [1.54, 1.807) is 48.5 Å². The Morgan fingerprint density at radius 3 is 1.62 bits per heavy atom. The molecule has 34 heavy (non-hydrogen) atoms. The minimum absolute atomic E-state index is 0.00722. The van der Waals surface area contributed by atoms with Crippen molar-refractivity contribution in [2.75, 3.05) is 39.3 Å². The Hall–Kier alpha value is -2.20. The third-order valence-electron chi connectivity index (χ3n) is 4.14. The first-order chi connectivity index (χ1) is 15.6. The zero-order valence-electron chi connectivity index (χ0n) is 22.7. The third kappa shape index (κ3) is 19.3. The molecule has 1 heterocycles. The Balaban J connectivity index is 0. The van der Waals surface area contributed by atoms with Crippen molar-refractivity contribution in [2.45, 2.75) is 86.9 Å². The lowest BCUT2D eigenvalue weighted by Gasteiger charge is -2.20. The first kappa shape index (κ1) is 34.0. The van der Waals surface area contributed by atoms with Gasteiger partial charge in [-0.15, -0.1) is 0 Å². The van der Waals surface area contributed by atoms with Gasteiger partial charge < -0.3 is 29.2 Å². The van der Waals surface area contributed by atoms with Crippen molar-refractivity contribution in [3.05, 3.63) is 0 Å². The number of nitrogens with zero attached hydrogens (tertiary/aromatic N) is 1. The van der Waals surface area contributed by atoms with Crippen LogP contribution in [0.4, 0.5) is 9.59 Å². The zero-order valence-corrected chi connectivity index (χ0v) is 22.7. The minimum atomic E-state index is -1.06. The van der Waals surface area contributed by atoms with Gasteiger partial charge in [0.2, 0.25) is 0 Å². The van der Waals surface area contributed by atoms with Crippen molar-refractivity contribution >= 4 is 24.1 Å². The van der Waals surface area contributed by atoms with E-state index in [2.05, 4.69) is 35.7 Å². The average Bonchev–Trinajstić information content (AvgIpc) is 2.67. The summed E-state index contributed by atoms with van der Waals surface area (Å²) in [6.45, 7) is 23.3. The molecule has 0 bridgehead atoms. The first-order valence-corrected chi connectivity index (χ1v) is 11.9. The highest BCUT2D eigenvalue weighted by Crippen LogP contribution is 2.11. The van der Waals surface area contributed by atoms with Crippen LogP contribution in [0.25, 0.3) is 0 Å². The molecule has 0 saturated carbocycles. The predicted molar refractivity (Wildman–Crippen MR) is 130 cm³/mol. The van der Waals surface area contributed by atoms with Crippen molar-refractivity contribution in [3.8, 4) is 0 Å². The van der Waals surface area contributed by atoms with Gasteiger partial charge in [0.15, 0.2) is 0 Å². The van der Waals surface area contributed by atoms with Gasteiger partial charge in [-0.2, -0.15) is 0 Å². The second-order valence-electron chi connectivity index (χ2n) is 9.38. The standard InChI is InChI=1S/C10H18O5.C8H13NO3.C6H15N/c1-9(2,3)14-7(11)13-8(12)15-10(4,5)6;1-2-12-8(11)6-5-9-4-3-7(6)10;1-4-7(5-2)6-3/h1-6H3;6,9H,2-5H2,1H3;4-6H2,1-3H3. The SMILES string of the molecule is CC(C)(C)OC(=O)OC(=O)OC(C)(C)C.CCN(CC)CC.CCOC(=O)C1CNCCC1=O. The van der Waals surface area contributed by atoms with Crippen molar-refractivity contribution in [2.24, 2.45) is 5.92 Å². The maximum absolute atomic E-state index is 11.2. The Morgan fingerprint density at radius 1 is 0.882 bits per heavy atom. The van der Waals surface area contributed by atoms with E-state index in [9.17, 15) is 19.2 Å². The number of piperidine rings is 1. The first-order valence-electron chi connectivity index (χ1n) is 11.9. The number of nitrogens with one attached hydrogen (secondary N) is 1. The summed E-state index contributed by atoms with van der Waals surface area (Å²) in [6.07, 6.45) is -1.68. The Morgan fingerprint density at radius 2 is 1.32 bits per heavy atom. The molecule has 1 N–H and O–H groups in total. The molecule has 1 saturated heterocycles. The number of carbonyl (C=O) groups is 4. The molecule has 0 spiro atoms. The van der Waals surface area contributed by atoms with Crippen LogP contribution in [0.3, 0.4) is 0 Å². The van der Waals surface area contributed by atoms with E-state index in [0.29, 0.717) is 26.1 Å². The summed E-state index contributed by atoms with van der Waals surface area (Å²) in [5, 5.41) is 2.98. The molecule has 200 valence electrons. The zero-order chi connectivity index (χ0) is 26.9. The number of ketones is 1. The van der Waals surface area contributed by atoms with Crippen LogP contribution in [0, 0.1) is 5.92 Å². The smallest absolute Gasteiger partial charge is 0.465 e. The molecule has 1 aliphatic rings. The number of ether oxygens (including phenoxy) is 4. The molecular weight excluding hydrogens is 444 g/mol. The highest BCUT2D eigenvalue weighted by Gasteiger charge is 2.29. The van der Waals surface area contributed by atoms with Gasteiger partial charge in [0, 0.05) is 19.5 Å². The molecule has 10 heteroatoms. The van der Waals surface area contributed by atoms with Crippen LogP contribution >= 0.6 is 0 Å². The molecule has 0 aliphatic carbocycles. The van der Waals surface area contributed by atoms with E-state index in [4.69, 9.17) is 14.2 Å². The number of rotatable bonds is 5. The van der Waals surface area contributed by atoms with Gasteiger partial charge in [0.05, 0.1) is 6.61 Å². The lowest BCUT2D eigenvalue weighted by molar-refractivity contribution is -0.152. The normalized spacial score (nSPS) is 15.7. The molecule has 1 fully saturated rings. The maximum atomic E-state index is 11.2. The van der Waals surface area contributed by atoms with Crippen molar-refractivity contribution in [3.63, 3.8) is 0 Å². The summed E-state index contributed by atoms with van der Waals surface area (Å²) in [5.41, 5.74) is -1.39. The molecule has 10 nitrogen and oxygen atoms in total. The fourth-order valence-corrected chi connectivity index (χ4v) is 2.48. The van der Waals surface area contributed by atoms with E-state index < -0.39 is 35.4 Å². The lowest BCUT2D eigenvalue weighted by atomic mass is 9.98. The van der Waals surface area contributed by atoms with Gasteiger partial charge in [0.25, 0.3) is 0 Å². The number of carbonyl (C=O) groups excluding carboxylic acids is 4. The largest absolute Gasteiger partial charge is 0.519 e. The van der Waals surface area contributed by atoms with E-state index in [-0.39, 0.29) is 5.78 Å². The second kappa shape index (κ2) is 17.3. The number of hydrogen-bond acceptors (Lipinski definition) is 10. The monoisotopic (exact) mass is 490 g/mol. The summed E-state index contributed by atoms with van der Waals surface area (Å²) in [4.78, 5) is 46.7. The topological polar surface area (TPSA) is 120 Å². The van der Waals surface area contributed by atoms with Crippen LogP contribution in [0.5, 0.6) is 0 Å². The average molecular weight is 491 g/mol. The molecular formula is C24H46N2O8. The molecule has 1 unspecified atom stereocenters. The molecule has 1 atom stereocenters. The van der Waals surface area contributed by atoms with Crippen LogP contribution < -0.4 is 5.32 Å². The van der Waals surface area contributed by atoms with Crippen LogP contribution in [-0.2, 0) is 28.5 Å². The van der Waals surface area contributed by atoms with Gasteiger partial charge >= 0.3 is 18.3 Å². The molecule has 1 rings (SSSR count). The number of esters is 1. The molecule has 0 amide bonds. The van der Waals surface area contributed by atoms with Gasteiger partial charge in [-0.1, -0.05) is 20.8 Å². The maximum Gasteiger partial charge on any atom is 0.519 e. The van der Waals surface area contributed by atoms with Crippen molar-refractivity contribution in [1.82, 2.24) is 10.2 Å². The lowest BCUT2D eigenvalue weighted by Crippen LogP contribution is -2.41. The summed E-state index contributed by atoms with van der Waals surface area (Å²) in [7, 11) is 0. The molecule has 0 radical (unpaired) electrons.